The first kappa shape index (κ1) is 13.2. The first-order valence-electron chi connectivity index (χ1n) is 6.21. The summed E-state index contributed by atoms with van der Waals surface area (Å²) in [7, 11) is 0. The third kappa shape index (κ3) is 3.61. The molecule has 0 spiro atoms. The molecule has 2 aromatic rings. The van der Waals surface area contributed by atoms with Crippen LogP contribution in [0, 0.1) is 13.8 Å². The molecule has 0 radical (unpaired) electrons. The smallest absolute Gasteiger partial charge is 0.271 e. The summed E-state index contributed by atoms with van der Waals surface area (Å²) in [6.07, 6.45) is 7.63. The van der Waals surface area contributed by atoms with Gasteiger partial charge in [-0.25, -0.2) is 9.97 Å². The van der Waals surface area contributed by atoms with Crippen molar-refractivity contribution in [3.05, 3.63) is 42.0 Å². The average Bonchev–Trinajstić information content (AvgIpc) is 2.81. The Morgan fingerprint density at radius 3 is 2.74 bits per heavy atom. The van der Waals surface area contributed by atoms with E-state index in [2.05, 4.69) is 24.8 Å². The molecular formula is C13H17N5O. The van der Waals surface area contributed by atoms with Crippen LogP contribution in [0.3, 0.4) is 0 Å². The maximum Gasteiger partial charge on any atom is 0.271 e. The molecule has 0 saturated carbocycles. The molecule has 0 unspecified atom stereocenters. The van der Waals surface area contributed by atoms with Crippen LogP contribution in [-0.2, 0) is 6.54 Å². The second-order valence-electron chi connectivity index (χ2n) is 4.32. The van der Waals surface area contributed by atoms with Crippen LogP contribution >= 0.6 is 0 Å². The van der Waals surface area contributed by atoms with Gasteiger partial charge in [-0.05, 0) is 20.3 Å². The topological polar surface area (TPSA) is 72.7 Å². The van der Waals surface area contributed by atoms with E-state index in [-0.39, 0.29) is 5.91 Å². The van der Waals surface area contributed by atoms with Crippen LogP contribution in [0.4, 0.5) is 0 Å². The van der Waals surface area contributed by atoms with Crippen molar-refractivity contribution in [3.8, 4) is 0 Å². The highest BCUT2D eigenvalue weighted by Crippen LogP contribution is 1.97. The number of rotatable bonds is 5. The Morgan fingerprint density at radius 2 is 2.11 bits per heavy atom. The molecule has 1 N–H and O–H groups in total. The molecule has 2 rings (SSSR count). The van der Waals surface area contributed by atoms with Crippen molar-refractivity contribution < 1.29 is 4.79 Å². The van der Waals surface area contributed by atoms with Crippen LogP contribution in [-0.4, -0.2) is 32.0 Å². The molecule has 6 nitrogen and oxygen atoms in total. The highest BCUT2D eigenvalue weighted by atomic mass is 16.1. The van der Waals surface area contributed by atoms with Gasteiger partial charge in [0.05, 0.1) is 11.9 Å². The molecule has 100 valence electrons. The molecule has 0 saturated heterocycles. The summed E-state index contributed by atoms with van der Waals surface area (Å²) in [4.78, 5) is 24.0. The summed E-state index contributed by atoms with van der Waals surface area (Å²) in [5.74, 6) is 0.797. The predicted octanol–water partition coefficient (Wildman–Crippen LogP) is 1.11. The SMILES string of the molecule is Cc1cnc(C(=O)NCCCn2ccnc2C)cn1. The Labute approximate surface area is 111 Å². The number of nitrogens with zero attached hydrogens (tertiary/aromatic N) is 4. The Bertz CT molecular complexity index is 546. The fourth-order valence-corrected chi connectivity index (χ4v) is 1.69. The van der Waals surface area contributed by atoms with E-state index in [1.165, 1.54) is 6.20 Å². The zero-order chi connectivity index (χ0) is 13.7. The maximum absolute atomic E-state index is 11.8. The standard InChI is InChI=1S/C13H17N5O/c1-10-8-17-12(9-16-10)13(19)15-4-3-6-18-7-5-14-11(18)2/h5,7-9H,3-4,6H2,1-2H3,(H,15,19). The van der Waals surface area contributed by atoms with Gasteiger partial charge in [0.1, 0.15) is 11.5 Å². The second kappa shape index (κ2) is 6.08. The minimum Gasteiger partial charge on any atom is -0.351 e. The molecule has 2 aromatic heterocycles. The number of hydrogen-bond donors (Lipinski definition) is 1. The van der Waals surface area contributed by atoms with E-state index >= 15 is 0 Å². The molecule has 0 fully saturated rings. The van der Waals surface area contributed by atoms with Gasteiger partial charge in [-0.1, -0.05) is 0 Å². The molecule has 6 heteroatoms. The Kier molecular flexibility index (Phi) is 4.22. The van der Waals surface area contributed by atoms with E-state index in [4.69, 9.17) is 0 Å². The number of nitrogens with one attached hydrogen (secondary N) is 1. The third-order valence-electron chi connectivity index (χ3n) is 2.80. The molecule has 0 aromatic carbocycles. The van der Waals surface area contributed by atoms with Gasteiger partial charge in [0.25, 0.3) is 5.91 Å². The highest BCUT2D eigenvalue weighted by Gasteiger charge is 2.06. The van der Waals surface area contributed by atoms with E-state index in [1.807, 2.05) is 20.0 Å². The van der Waals surface area contributed by atoms with E-state index in [0.717, 1.165) is 24.5 Å². The lowest BCUT2D eigenvalue weighted by Crippen LogP contribution is -2.26. The molecule has 0 aliphatic heterocycles. The van der Waals surface area contributed by atoms with Crippen LogP contribution in [0.1, 0.15) is 28.4 Å². The van der Waals surface area contributed by atoms with Crippen molar-refractivity contribution in [2.24, 2.45) is 0 Å². The van der Waals surface area contributed by atoms with Gasteiger partial charge in [0, 0.05) is 31.7 Å². The summed E-state index contributed by atoms with van der Waals surface area (Å²) in [5.41, 5.74) is 1.15. The third-order valence-corrected chi connectivity index (χ3v) is 2.80. The van der Waals surface area contributed by atoms with Crippen LogP contribution in [0.2, 0.25) is 0 Å². The summed E-state index contributed by atoms with van der Waals surface area (Å²) in [6, 6.07) is 0. The number of hydrogen-bond acceptors (Lipinski definition) is 4. The summed E-state index contributed by atoms with van der Waals surface area (Å²) < 4.78 is 2.05. The monoisotopic (exact) mass is 259 g/mol. The first-order chi connectivity index (χ1) is 9.16. The normalized spacial score (nSPS) is 10.4. The number of carbonyl (C=O) groups is 1. The largest absolute Gasteiger partial charge is 0.351 e. The van der Waals surface area contributed by atoms with Crippen molar-refractivity contribution in [2.45, 2.75) is 26.8 Å². The van der Waals surface area contributed by atoms with E-state index in [9.17, 15) is 4.79 Å². The fourth-order valence-electron chi connectivity index (χ4n) is 1.69. The fraction of sp³-hybridized carbons (Fsp3) is 0.385. The zero-order valence-electron chi connectivity index (χ0n) is 11.1. The minimum absolute atomic E-state index is 0.185. The van der Waals surface area contributed by atoms with Gasteiger partial charge >= 0.3 is 0 Å². The second-order valence-corrected chi connectivity index (χ2v) is 4.32. The van der Waals surface area contributed by atoms with Crippen molar-refractivity contribution in [1.82, 2.24) is 24.8 Å². The molecule has 1 amide bonds. The lowest BCUT2D eigenvalue weighted by Gasteiger charge is -2.06. The van der Waals surface area contributed by atoms with E-state index in [0.29, 0.717) is 12.2 Å². The lowest BCUT2D eigenvalue weighted by atomic mass is 10.3. The summed E-state index contributed by atoms with van der Waals surface area (Å²) in [5, 5.41) is 2.83. The Morgan fingerprint density at radius 1 is 1.26 bits per heavy atom. The Balaban J connectivity index is 1.75. The van der Waals surface area contributed by atoms with Crippen LogP contribution in [0.5, 0.6) is 0 Å². The van der Waals surface area contributed by atoms with Crippen molar-refractivity contribution in [1.29, 1.82) is 0 Å². The number of amides is 1. The van der Waals surface area contributed by atoms with Crippen LogP contribution in [0.25, 0.3) is 0 Å². The van der Waals surface area contributed by atoms with Gasteiger partial charge in [-0.2, -0.15) is 0 Å². The zero-order valence-corrected chi connectivity index (χ0v) is 11.1. The highest BCUT2D eigenvalue weighted by molar-refractivity contribution is 5.91. The predicted molar refractivity (Wildman–Crippen MR) is 70.7 cm³/mol. The average molecular weight is 259 g/mol. The number of aryl methyl sites for hydroxylation is 3. The quantitative estimate of drug-likeness (QED) is 0.816. The maximum atomic E-state index is 11.8. The number of aromatic nitrogens is 4. The van der Waals surface area contributed by atoms with Gasteiger partial charge in [-0.3, -0.25) is 9.78 Å². The lowest BCUT2D eigenvalue weighted by molar-refractivity contribution is 0.0947. The minimum atomic E-state index is -0.185. The molecule has 2 heterocycles. The summed E-state index contributed by atoms with van der Waals surface area (Å²) in [6.45, 7) is 5.24. The first-order valence-corrected chi connectivity index (χ1v) is 6.21. The summed E-state index contributed by atoms with van der Waals surface area (Å²) >= 11 is 0. The molecular weight excluding hydrogens is 242 g/mol. The van der Waals surface area contributed by atoms with Gasteiger partial charge in [-0.15, -0.1) is 0 Å². The van der Waals surface area contributed by atoms with Gasteiger partial charge < -0.3 is 9.88 Å². The van der Waals surface area contributed by atoms with E-state index < -0.39 is 0 Å². The van der Waals surface area contributed by atoms with Crippen molar-refractivity contribution in [2.75, 3.05) is 6.54 Å². The van der Waals surface area contributed by atoms with Gasteiger partial charge in [0.2, 0.25) is 0 Å². The molecule has 0 aliphatic rings. The van der Waals surface area contributed by atoms with E-state index in [1.54, 1.807) is 12.4 Å². The van der Waals surface area contributed by atoms with Crippen LogP contribution < -0.4 is 5.32 Å². The molecule has 0 aliphatic carbocycles. The number of carbonyl (C=O) groups excluding carboxylic acids is 1. The molecule has 0 atom stereocenters. The van der Waals surface area contributed by atoms with Gasteiger partial charge in [0.15, 0.2) is 0 Å². The van der Waals surface area contributed by atoms with Crippen molar-refractivity contribution >= 4 is 5.91 Å². The van der Waals surface area contributed by atoms with Crippen LogP contribution in [0.15, 0.2) is 24.8 Å². The Hall–Kier alpha value is -2.24. The van der Waals surface area contributed by atoms with Crippen molar-refractivity contribution in [3.63, 3.8) is 0 Å². The molecule has 19 heavy (non-hydrogen) atoms. The number of imidazole rings is 1. The molecule has 0 bridgehead atoms.